The van der Waals surface area contributed by atoms with Gasteiger partial charge in [-0.2, -0.15) is 0 Å². The minimum Gasteiger partial charge on any atom is -0.481 e. The van der Waals surface area contributed by atoms with E-state index in [-0.39, 0.29) is 18.4 Å². The maximum Gasteiger partial charge on any atom is 0.308 e. The molecule has 1 aromatic rings. The van der Waals surface area contributed by atoms with Crippen molar-refractivity contribution in [2.45, 2.75) is 19.4 Å². The summed E-state index contributed by atoms with van der Waals surface area (Å²) in [4.78, 5) is 24.3. The third-order valence-electron chi connectivity index (χ3n) is 3.26. The van der Waals surface area contributed by atoms with Crippen molar-refractivity contribution >= 4 is 11.9 Å². The van der Waals surface area contributed by atoms with E-state index in [0.29, 0.717) is 6.54 Å². The lowest BCUT2D eigenvalue weighted by Gasteiger charge is -2.24. The molecule has 0 saturated carbocycles. The molecule has 1 heterocycles. The highest BCUT2D eigenvalue weighted by Gasteiger charge is 2.36. The fraction of sp³-hybridized carbons (Fsp3) is 0.385. The Morgan fingerprint density at radius 2 is 2.06 bits per heavy atom. The Hall–Kier alpha value is -1.84. The molecule has 2 atom stereocenters. The molecule has 0 radical (unpaired) electrons. The second-order valence-corrected chi connectivity index (χ2v) is 4.37. The largest absolute Gasteiger partial charge is 0.481 e. The maximum atomic E-state index is 11.8. The standard InChI is InChI=1S/C13H15NO3/c1-9(10-5-3-2-4-6-10)14-8-11(13(16)17)7-12(14)15/h2-6,9,11H,7-8H2,1H3,(H,16,17)/t9-,11+/m0/s1. The van der Waals surface area contributed by atoms with Gasteiger partial charge in [0.15, 0.2) is 0 Å². The lowest BCUT2D eigenvalue weighted by atomic mass is 10.1. The van der Waals surface area contributed by atoms with Gasteiger partial charge in [0, 0.05) is 13.0 Å². The van der Waals surface area contributed by atoms with Gasteiger partial charge in [0.1, 0.15) is 0 Å². The fourth-order valence-corrected chi connectivity index (χ4v) is 2.18. The summed E-state index contributed by atoms with van der Waals surface area (Å²) in [6.45, 7) is 2.24. The van der Waals surface area contributed by atoms with Gasteiger partial charge < -0.3 is 10.0 Å². The number of hydrogen-bond acceptors (Lipinski definition) is 2. The van der Waals surface area contributed by atoms with E-state index in [1.54, 1.807) is 4.90 Å². The first-order valence-electron chi connectivity index (χ1n) is 5.67. The van der Waals surface area contributed by atoms with Crippen molar-refractivity contribution in [2.24, 2.45) is 5.92 Å². The van der Waals surface area contributed by atoms with Crippen LogP contribution in [0.5, 0.6) is 0 Å². The Bertz CT molecular complexity index is 430. The summed E-state index contributed by atoms with van der Waals surface area (Å²) in [7, 11) is 0. The van der Waals surface area contributed by atoms with Crippen molar-refractivity contribution < 1.29 is 14.7 Å². The van der Waals surface area contributed by atoms with E-state index in [0.717, 1.165) is 5.56 Å². The Balaban J connectivity index is 2.14. The van der Waals surface area contributed by atoms with E-state index < -0.39 is 11.9 Å². The van der Waals surface area contributed by atoms with E-state index in [1.807, 2.05) is 37.3 Å². The van der Waals surface area contributed by atoms with Crippen LogP contribution in [-0.4, -0.2) is 28.4 Å². The van der Waals surface area contributed by atoms with Crippen LogP contribution in [0.25, 0.3) is 0 Å². The molecule has 1 N–H and O–H groups in total. The Morgan fingerprint density at radius 3 is 2.59 bits per heavy atom. The Morgan fingerprint density at radius 1 is 1.41 bits per heavy atom. The number of benzene rings is 1. The molecule has 0 aromatic heterocycles. The lowest BCUT2D eigenvalue weighted by molar-refractivity contribution is -0.141. The zero-order valence-electron chi connectivity index (χ0n) is 9.67. The summed E-state index contributed by atoms with van der Waals surface area (Å²) in [5, 5.41) is 8.92. The molecule has 2 rings (SSSR count). The van der Waals surface area contributed by atoms with Crippen LogP contribution in [0, 0.1) is 5.92 Å². The number of carboxylic acids is 1. The van der Waals surface area contributed by atoms with Gasteiger partial charge in [0.2, 0.25) is 5.91 Å². The van der Waals surface area contributed by atoms with E-state index in [9.17, 15) is 9.59 Å². The van der Waals surface area contributed by atoms with Crippen LogP contribution in [0.15, 0.2) is 30.3 Å². The molecule has 17 heavy (non-hydrogen) atoms. The van der Waals surface area contributed by atoms with Crippen molar-refractivity contribution in [2.75, 3.05) is 6.54 Å². The quantitative estimate of drug-likeness (QED) is 0.864. The molecule has 90 valence electrons. The minimum atomic E-state index is -0.888. The molecule has 1 saturated heterocycles. The van der Waals surface area contributed by atoms with Gasteiger partial charge in [-0.25, -0.2) is 0 Å². The van der Waals surface area contributed by atoms with E-state index in [1.165, 1.54) is 0 Å². The third kappa shape index (κ3) is 2.30. The van der Waals surface area contributed by atoms with Crippen molar-refractivity contribution in [1.29, 1.82) is 0 Å². The molecule has 0 bridgehead atoms. The normalized spacial score (nSPS) is 21.6. The van der Waals surface area contributed by atoms with Crippen molar-refractivity contribution in [3.63, 3.8) is 0 Å². The molecule has 4 heteroatoms. The number of amides is 1. The van der Waals surface area contributed by atoms with Crippen LogP contribution in [-0.2, 0) is 9.59 Å². The van der Waals surface area contributed by atoms with Gasteiger partial charge in [-0.3, -0.25) is 9.59 Å². The second kappa shape index (κ2) is 4.57. The van der Waals surface area contributed by atoms with Crippen molar-refractivity contribution in [3.8, 4) is 0 Å². The van der Waals surface area contributed by atoms with Gasteiger partial charge in [0.05, 0.1) is 12.0 Å². The minimum absolute atomic E-state index is 0.0620. The number of likely N-dealkylation sites (tertiary alicyclic amines) is 1. The van der Waals surface area contributed by atoms with Crippen molar-refractivity contribution in [1.82, 2.24) is 4.90 Å². The molecule has 4 nitrogen and oxygen atoms in total. The number of carboxylic acid groups (broad SMARTS) is 1. The SMILES string of the molecule is C[C@@H](c1ccccc1)N1C[C@H](C(=O)O)CC1=O. The number of aliphatic carboxylic acids is 1. The Labute approximate surface area is 99.9 Å². The summed E-state index contributed by atoms with van der Waals surface area (Å²) < 4.78 is 0. The number of hydrogen-bond donors (Lipinski definition) is 1. The summed E-state index contributed by atoms with van der Waals surface area (Å²) in [5.74, 6) is -1.52. The lowest BCUT2D eigenvalue weighted by Crippen LogP contribution is -2.29. The van der Waals surface area contributed by atoms with Gasteiger partial charge in [0.25, 0.3) is 0 Å². The van der Waals surface area contributed by atoms with Crippen LogP contribution >= 0.6 is 0 Å². The van der Waals surface area contributed by atoms with Gasteiger partial charge >= 0.3 is 5.97 Å². The highest BCUT2D eigenvalue weighted by molar-refractivity contribution is 5.86. The average Bonchev–Trinajstić information content (AvgIpc) is 2.72. The number of rotatable bonds is 3. The van der Waals surface area contributed by atoms with Crippen LogP contribution < -0.4 is 0 Å². The molecule has 0 spiro atoms. The van der Waals surface area contributed by atoms with Crippen molar-refractivity contribution in [3.05, 3.63) is 35.9 Å². The smallest absolute Gasteiger partial charge is 0.308 e. The predicted molar refractivity (Wildman–Crippen MR) is 62.3 cm³/mol. The topological polar surface area (TPSA) is 57.6 Å². The molecule has 0 unspecified atom stereocenters. The molecule has 1 aromatic carbocycles. The molecule has 1 amide bonds. The summed E-state index contributed by atoms with van der Waals surface area (Å²) in [5.41, 5.74) is 1.03. The maximum absolute atomic E-state index is 11.8. The van der Waals surface area contributed by atoms with Crippen LogP contribution in [0.1, 0.15) is 24.9 Å². The van der Waals surface area contributed by atoms with Gasteiger partial charge in [-0.05, 0) is 12.5 Å². The zero-order chi connectivity index (χ0) is 12.4. The highest BCUT2D eigenvalue weighted by atomic mass is 16.4. The van der Waals surface area contributed by atoms with E-state index in [2.05, 4.69) is 0 Å². The zero-order valence-corrected chi connectivity index (χ0v) is 9.67. The first-order chi connectivity index (χ1) is 8.09. The van der Waals surface area contributed by atoms with Crippen LogP contribution in [0.3, 0.4) is 0 Å². The molecule has 1 aliphatic heterocycles. The molecule has 1 fully saturated rings. The fourth-order valence-electron chi connectivity index (χ4n) is 2.18. The molecular formula is C13H15NO3. The predicted octanol–water partition coefficient (Wildman–Crippen LogP) is 1.68. The molecular weight excluding hydrogens is 218 g/mol. The van der Waals surface area contributed by atoms with Gasteiger partial charge in [-0.15, -0.1) is 0 Å². The van der Waals surface area contributed by atoms with E-state index >= 15 is 0 Å². The first kappa shape index (κ1) is 11.6. The third-order valence-corrected chi connectivity index (χ3v) is 3.26. The number of carbonyl (C=O) groups excluding carboxylic acids is 1. The monoisotopic (exact) mass is 233 g/mol. The summed E-state index contributed by atoms with van der Waals surface area (Å²) >= 11 is 0. The van der Waals surface area contributed by atoms with E-state index in [4.69, 9.17) is 5.11 Å². The number of carbonyl (C=O) groups is 2. The first-order valence-corrected chi connectivity index (χ1v) is 5.67. The molecule has 1 aliphatic rings. The Kier molecular flexibility index (Phi) is 3.13. The highest BCUT2D eigenvalue weighted by Crippen LogP contribution is 2.28. The van der Waals surface area contributed by atoms with Crippen LogP contribution in [0.4, 0.5) is 0 Å². The molecule has 0 aliphatic carbocycles. The number of nitrogens with zero attached hydrogens (tertiary/aromatic N) is 1. The van der Waals surface area contributed by atoms with Crippen LogP contribution in [0.2, 0.25) is 0 Å². The average molecular weight is 233 g/mol. The summed E-state index contributed by atoms with van der Waals surface area (Å²) in [6.07, 6.45) is 0.118. The summed E-state index contributed by atoms with van der Waals surface area (Å²) in [6, 6.07) is 9.59. The van der Waals surface area contributed by atoms with Gasteiger partial charge in [-0.1, -0.05) is 30.3 Å². The second-order valence-electron chi connectivity index (χ2n) is 4.37.